The first-order chi connectivity index (χ1) is 10.2. The fourth-order valence-electron chi connectivity index (χ4n) is 2.18. The van der Waals surface area contributed by atoms with Crippen LogP contribution in [0.3, 0.4) is 0 Å². The molecule has 1 unspecified atom stereocenters. The predicted molar refractivity (Wildman–Crippen MR) is 83.0 cm³/mol. The van der Waals surface area contributed by atoms with E-state index in [1.807, 2.05) is 50.2 Å². The zero-order chi connectivity index (χ0) is 15.2. The molecule has 0 spiro atoms. The van der Waals surface area contributed by atoms with E-state index >= 15 is 0 Å². The van der Waals surface area contributed by atoms with E-state index in [2.05, 4.69) is 10.4 Å². The SMILES string of the molecule is CCc1cc(C(=O)NCC(N)c2ccccc2)n(CC)n1. The van der Waals surface area contributed by atoms with Gasteiger partial charge in [0.05, 0.1) is 5.69 Å². The number of nitrogens with one attached hydrogen (secondary N) is 1. The monoisotopic (exact) mass is 286 g/mol. The number of carbonyl (C=O) groups excluding carboxylic acids is 1. The zero-order valence-electron chi connectivity index (χ0n) is 12.5. The van der Waals surface area contributed by atoms with Crippen molar-refractivity contribution in [2.75, 3.05) is 6.54 Å². The van der Waals surface area contributed by atoms with Gasteiger partial charge in [0.2, 0.25) is 0 Å². The second kappa shape index (κ2) is 7.04. The Balaban J connectivity index is 2.00. The number of rotatable bonds is 6. The summed E-state index contributed by atoms with van der Waals surface area (Å²) in [6.45, 7) is 5.07. The summed E-state index contributed by atoms with van der Waals surface area (Å²) >= 11 is 0. The van der Waals surface area contributed by atoms with Crippen molar-refractivity contribution in [1.29, 1.82) is 0 Å². The number of aryl methyl sites for hydroxylation is 2. The summed E-state index contributed by atoms with van der Waals surface area (Å²) in [5, 5.41) is 7.26. The normalized spacial score (nSPS) is 12.1. The molecule has 2 rings (SSSR count). The second-order valence-electron chi connectivity index (χ2n) is 4.92. The Morgan fingerprint density at radius 1 is 1.33 bits per heavy atom. The molecule has 1 amide bonds. The number of aromatic nitrogens is 2. The topological polar surface area (TPSA) is 72.9 Å². The van der Waals surface area contributed by atoms with E-state index in [-0.39, 0.29) is 11.9 Å². The van der Waals surface area contributed by atoms with Gasteiger partial charge in [0.15, 0.2) is 0 Å². The fourth-order valence-corrected chi connectivity index (χ4v) is 2.18. The van der Waals surface area contributed by atoms with E-state index in [4.69, 9.17) is 5.73 Å². The molecule has 0 bridgehead atoms. The van der Waals surface area contributed by atoms with Gasteiger partial charge in [-0.1, -0.05) is 37.3 Å². The number of benzene rings is 1. The first-order valence-electron chi connectivity index (χ1n) is 7.31. The summed E-state index contributed by atoms with van der Waals surface area (Å²) in [7, 11) is 0. The first-order valence-corrected chi connectivity index (χ1v) is 7.31. The molecule has 1 aromatic carbocycles. The third kappa shape index (κ3) is 3.70. The molecule has 1 heterocycles. The maximum absolute atomic E-state index is 12.3. The number of hydrogen-bond donors (Lipinski definition) is 2. The molecule has 0 aliphatic heterocycles. The highest BCUT2D eigenvalue weighted by molar-refractivity contribution is 5.92. The Bertz CT molecular complexity index is 592. The molecule has 3 N–H and O–H groups in total. The maximum Gasteiger partial charge on any atom is 0.269 e. The summed E-state index contributed by atoms with van der Waals surface area (Å²) in [6, 6.07) is 11.4. The van der Waals surface area contributed by atoms with Crippen LogP contribution >= 0.6 is 0 Å². The molecule has 112 valence electrons. The van der Waals surface area contributed by atoms with Crippen LogP contribution in [0.25, 0.3) is 0 Å². The molecule has 0 aliphatic rings. The van der Waals surface area contributed by atoms with Crippen molar-refractivity contribution in [1.82, 2.24) is 15.1 Å². The molecule has 0 saturated heterocycles. The maximum atomic E-state index is 12.3. The molecule has 5 nitrogen and oxygen atoms in total. The first kappa shape index (κ1) is 15.3. The van der Waals surface area contributed by atoms with Gasteiger partial charge in [-0.25, -0.2) is 0 Å². The van der Waals surface area contributed by atoms with Crippen LogP contribution in [-0.2, 0) is 13.0 Å². The largest absolute Gasteiger partial charge is 0.349 e. The minimum atomic E-state index is -0.209. The van der Waals surface area contributed by atoms with Gasteiger partial charge in [0, 0.05) is 19.1 Å². The average molecular weight is 286 g/mol. The molecule has 0 fully saturated rings. The Morgan fingerprint density at radius 3 is 2.67 bits per heavy atom. The lowest BCUT2D eigenvalue weighted by atomic mass is 10.1. The summed E-state index contributed by atoms with van der Waals surface area (Å²) in [5.41, 5.74) is 8.61. The number of nitrogens with two attached hydrogens (primary N) is 1. The Labute approximate surface area is 125 Å². The Morgan fingerprint density at radius 2 is 2.05 bits per heavy atom. The molecule has 0 radical (unpaired) electrons. The Hall–Kier alpha value is -2.14. The summed E-state index contributed by atoms with van der Waals surface area (Å²) in [4.78, 5) is 12.3. The average Bonchev–Trinajstić information content (AvgIpc) is 2.96. The molecule has 1 aromatic heterocycles. The lowest BCUT2D eigenvalue weighted by Gasteiger charge is -2.13. The summed E-state index contributed by atoms with van der Waals surface area (Å²) in [5.74, 6) is -0.129. The zero-order valence-corrected chi connectivity index (χ0v) is 12.5. The minimum Gasteiger partial charge on any atom is -0.349 e. The van der Waals surface area contributed by atoms with E-state index < -0.39 is 0 Å². The lowest BCUT2D eigenvalue weighted by molar-refractivity contribution is 0.0940. The van der Waals surface area contributed by atoms with Crippen LogP contribution in [0.5, 0.6) is 0 Å². The number of hydrogen-bond acceptors (Lipinski definition) is 3. The van der Waals surface area contributed by atoms with Gasteiger partial charge in [-0.05, 0) is 25.0 Å². The third-order valence-electron chi connectivity index (χ3n) is 3.44. The van der Waals surface area contributed by atoms with Crippen LogP contribution in [0.1, 0.15) is 41.6 Å². The van der Waals surface area contributed by atoms with Gasteiger partial charge in [0.25, 0.3) is 5.91 Å². The van der Waals surface area contributed by atoms with Gasteiger partial charge < -0.3 is 11.1 Å². The molecule has 5 heteroatoms. The smallest absolute Gasteiger partial charge is 0.269 e. The van der Waals surface area contributed by atoms with Gasteiger partial charge in [-0.3, -0.25) is 9.48 Å². The molecule has 0 aliphatic carbocycles. The van der Waals surface area contributed by atoms with Crippen molar-refractivity contribution in [3.63, 3.8) is 0 Å². The van der Waals surface area contributed by atoms with Crippen LogP contribution in [0, 0.1) is 0 Å². The van der Waals surface area contributed by atoms with E-state index in [0.717, 1.165) is 17.7 Å². The number of carbonyl (C=O) groups is 1. The fraction of sp³-hybridized carbons (Fsp3) is 0.375. The van der Waals surface area contributed by atoms with Gasteiger partial charge in [0.1, 0.15) is 5.69 Å². The highest BCUT2D eigenvalue weighted by atomic mass is 16.2. The van der Waals surface area contributed by atoms with Crippen molar-refractivity contribution in [3.8, 4) is 0 Å². The molecule has 1 atom stereocenters. The number of amides is 1. The minimum absolute atomic E-state index is 0.129. The quantitative estimate of drug-likeness (QED) is 0.851. The molecular weight excluding hydrogens is 264 g/mol. The standard InChI is InChI=1S/C16H22N4O/c1-3-13-10-15(20(4-2)19-13)16(21)18-11-14(17)12-8-6-5-7-9-12/h5-10,14H,3-4,11,17H2,1-2H3,(H,18,21). The van der Waals surface area contributed by atoms with Crippen LogP contribution in [0.15, 0.2) is 36.4 Å². The van der Waals surface area contributed by atoms with Crippen molar-refractivity contribution in [2.24, 2.45) is 5.73 Å². The van der Waals surface area contributed by atoms with Crippen molar-refractivity contribution >= 4 is 5.91 Å². The molecular formula is C16H22N4O. The molecule has 21 heavy (non-hydrogen) atoms. The van der Waals surface area contributed by atoms with E-state index in [1.54, 1.807) is 4.68 Å². The summed E-state index contributed by atoms with van der Waals surface area (Å²) in [6.07, 6.45) is 0.816. The highest BCUT2D eigenvalue weighted by Gasteiger charge is 2.15. The van der Waals surface area contributed by atoms with Crippen LogP contribution in [0.4, 0.5) is 0 Å². The predicted octanol–water partition coefficient (Wildman–Crippen LogP) is 1.90. The van der Waals surface area contributed by atoms with Crippen LogP contribution in [-0.4, -0.2) is 22.2 Å². The highest BCUT2D eigenvalue weighted by Crippen LogP contribution is 2.09. The van der Waals surface area contributed by atoms with Gasteiger partial charge in [-0.2, -0.15) is 5.10 Å². The molecule has 2 aromatic rings. The second-order valence-corrected chi connectivity index (χ2v) is 4.92. The molecule has 0 saturated carbocycles. The van der Waals surface area contributed by atoms with Crippen LogP contribution in [0.2, 0.25) is 0 Å². The van der Waals surface area contributed by atoms with E-state index in [0.29, 0.717) is 18.8 Å². The van der Waals surface area contributed by atoms with Crippen LogP contribution < -0.4 is 11.1 Å². The van der Waals surface area contributed by atoms with Crippen molar-refractivity contribution in [2.45, 2.75) is 32.9 Å². The van der Waals surface area contributed by atoms with E-state index in [9.17, 15) is 4.79 Å². The summed E-state index contributed by atoms with van der Waals surface area (Å²) < 4.78 is 1.72. The van der Waals surface area contributed by atoms with E-state index in [1.165, 1.54) is 0 Å². The van der Waals surface area contributed by atoms with Gasteiger partial charge in [-0.15, -0.1) is 0 Å². The number of nitrogens with zero attached hydrogens (tertiary/aromatic N) is 2. The lowest BCUT2D eigenvalue weighted by Crippen LogP contribution is -2.33. The van der Waals surface area contributed by atoms with Gasteiger partial charge >= 0.3 is 0 Å². The van der Waals surface area contributed by atoms with Crippen molar-refractivity contribution < 1.29 is 4.79 Å². The Kier molecular flexibility index (Phi) is 5.11. The van der Waals surface area contributed by atoms with Crippen molar-refractivity contribution in [3.05, 3.63) is 53.3 Å². The third-order valence-corrected chi connectivity index (χ3v) is 3.44.